The van der Waals surface area contributed by atoms with E-state index in [1.807, 2.05) is 31.2 Å². The first kappa shape index (κ1) is 20.0. The summed E-state index contributed by atoms with van der Waals surface area (Å²) >= 11 is 0. The molecule has 1 saturated heterocycles. The zero-order valence-electron chi connectivity index (χ0n) is 15.7. The fraction of sp³-hybridized carbons (Fsp3) is 0.300. The molecular formula is C20H23N3O4S. The molecule has 0 aromatic heterocycles. The zero-order chi connectivity index (χ0) is 20.0. The maximum atomic E-state index is 12.7. The van der Waals surface area contributed by atoms with E-state index in [4.69, 9.17) is 4.74 Å². The molecule has 8 heteroatoms. The van der Waals surface area contributed by atoms with Gasteiger partial charge in [-0.2, -0.15) is 9.41 Å². The Kier molecular flexibility index (Phi) is 6.43. The number of carbonyl (C=O) groups excluding carboxylic acids is 1. The molecule has 0 saturated carbocycles. The fourth-order valence-electron chi connectivity index (χ4n) is 2.97. The van der Waals surface area contributed by atoms with Gasteiger partial charge in [0, 0.05) is 24.2 Å². The van der Waals surface area contributed by atoms with Gasteiger partial charge in [-0.3, -0.25) is 4.79 Å². The number of para-hydroxylation sites is 1. The van der Waals surface area contributed by atoms with Crippen LogP contribution in [-0.4, -0.2) is 44.5 Å². The van der Waals surface area contributed by atoms with E-state index in [9.17, 15) is 13.2 Å². The first-order valence-electron chi connectivity index (χ1n) is 9.18. The molecule has 7 nitrogen and oxygen atoms in total. The van der Waals surface area contributed by atoms with Gasteiger partial charge in [0.2, 0.25) is 10.0 Å². The molecular weight excluding hydrogens is 378 g/mol. The molecule has 28 heavy (non-hydrogen) atoms. The monoisotopic (exact) mass is 401 g/mol. The number of benzene rings is 2. The van der Waals surface area contributed by atoms with Crippen LogP contribution < -0.4 is 10.2 Å². The standard InChI is InChI=1S/C20H23N3O4S/c1-2-27-19-11-4-3-8-17(19)15-21-22-20(24)16-9-7-10-18(14-16)28(25,26)23-12-5-6-13-23/h3-4,7-11,14-15H,2,5-6,12-13H2,1H3,(H,22,24)/b21-15+. The summed E-state index contributed by atoms with van der Waals surface area (Å²) in [7, 11) is -3.57. The third kappa shape index (κ3) is 4.58. The van der Waals surface area contributed by atoms with Gasteiger partial charge in [-0.15, -0.1) is 0 Å². The van der Waals surface area contributed by atoms with Crippen molar-refractivity contribution in [3.8, 4) is 5.75 Å². The highest BCUT2D eigenvalue weighted by Crippen LogP contribution is 2.21. The summed E-state index contributed by atoms with van der Waals surface area (Å²) in [6, 6.07) is 13.3. The molecule has 0 radical (unpaired) electrons. The van der Waals surface area contributed by atoms with Gasteiger partial charge in [-0.1, -0.05) is 18.2 Å². The summed E-state index contributed by atoms with van der Waals surface area (Å²) in [6.45, 7) is 3.44. The Labute approximate surface area is 165 Å². The van der Waals surface area contributed by atoms with E-state index in [2.05, 4.69) is 10.5 Å². The normalized spacial score (nSPS) is 15.0. The number of hydrazone groups is 1. The third-order valence-corrected chi connectivity index (χ3v) is 6.28. The number of carbonyl (C=O) groups is 1. The number of hydrogen-bond acceptors (Lipinski definition) is 5. The van der Waals surface area contributed by atoms with Gasteiger partial charge in [0.1, 0.15) is 5.75 Å². The second-order valence-electron chi connectivity index (χ2n) is 6.31. The Morgan fingerprint density at radius 2 is 1.93 bits per heavy atom. The lowest BCUT2D eigenvalue weighted by atomic mass is 10.2. The Hall–Kier alpha value is -2.71. The molecule has 2 aromatic carbocycles. The predicted octanol–water partition coefficient (Wildman–Crippen LogP) is 2.63. The number of ether oxygens (including phenoxy) is 1. The van der Waals surface area contributed by atoms with Gasteiger partial charge < -0.3 is 4.74 Å². The Bertz CT molecular complexity index is 967. The van der Waals surface area contributed by atoms with Crippen LogP contribution in [0.2, 0.25) is 0 Å². The molecule has 1 N–H and O–H groups in total. The van der Waals surface area contributed by atoms with Crippen molar-refractivity contribution < 1.29 is 17.9 Å². The van der Waals surface area contributed by atoms with Gasteiger partial charge in [0.15, 0.2) is 0 Å². The Balaban J connectivity index is 1.72. The van der Waals surface area contributed by atoms with Crippen LogP contribution in [0.4, 0.5) is 0 Å². The van der Waals surface area contributed by atoms with E-state index < -0.39 is 15.9 Å². The van der Waals surface area contributed by atoms with Crippen LogP contribution in [0.5, 0.6) is 5.75 Å². The van der Waals surface area contributed by atoms with Crippen LogP contribution in [0.3, 0.4) is 0 Å². The van der Waals surface area contributed by atoms with Gasteiger partial charge >= 0.3 is 0 Å². The average molecular weight is 401 g/mol. The maximum absolute atomic E-state index is 12.7. The van der Waals surface area contributed by atoms with E-state index >= 15 is 0 Å². The molecule has 0 unspecified atom stereocenters. The second kappa shape index (κ2) is 8.99. The smallest absolute Gasteiger partial charge is 0.271 e. The van der Waals surface area contributed by atoms with Crippen LogP contribution in [0, 0.1) is 0 Å². The molecule has 1 fully saturated rings. The number of sulfonamides is 1. The summed E-state index contributed by atoms with van der Waals surface area (Å²) in [5, 5.41) is 3.97. The molecule has 0 aliphatic carbocycles. The highest BCUT2D eigenvalue weighted by molar-refractivity contribution is 7.89. The Morgan fingerprint density at radius 3 is 2.68 bits per heavy atom. The third-order valence-electron chi connectivity index (χ3n) is 4.39. The van der Waals surface area contributed by atoms with Crippen LogP contribution in [0.15, 0.2) is 58.5 Å². The van der Waals surface area contributed by atoms with Crippen molar-refractivity contribution in [3.05, 3.63) is 59.7 Å². The first-order chi connectivity index (χ1) is 13.5. The minimum absolute atomic E-state index is 0.118. The van der Waals surface area contributed by atoms with Crippen molar-refractivity contribution in [2.75, 3.05) is 19.7 Å². The molecule has 0 atom stereocenters. The van der Waals surface area contributed by atoms with Crippen LogP contribution in [-0.2, 0) is 10.0 Å². The topological polar surface area (TPSA) is 88.1 Å². The van der Waals surface area contributed by atoms with Crippen molar-refractivity contribution in [1.29, 1.82) is 0 Å². The lowest BCUT2D eigenvalue weighted by molar-refractivity contribution is 0.0955. The van der Waals surface area contributed by atoms with E-state index in [0.29, 0.717) is 25.4 Å². The molecule has 0 spiro atoms. The number of amides is 1. The van der Waals surface area contributed by atoms with Crippen molar-refractivity contribution in [2.24, 2.45) is 5.10 Å². The predicted molar refractivity (Wildman–Crippen MR) is 107 cm³/mol. The SMILES string of the molecule is CCOc1ccccc1/C=N/NC(=O)c1cccc(S(=O)(=O)N2CCCC2)c1. The summed E-state index contributed by atoms with van der Waals surface area (Å²) in [5.74, 6) is 0.185. The van der Waals surface area contributed by atoms with Gasteiger partial charge in [0.05, 0.1) is 17.7 Å². The van der Waals surface area contributed by atoms with Crippen molar-refractivity contribution in [2.45, 2.75) is 24.7 Å². The number of rotatable bonds is 7. The molecule has 3 rings (SSSR count). The average Bonchev–Trinajstić information content (AvgIpc) is 3.25. The van der Waals surface area contributed by atoms with Gasteiger partial charge in [0.25, 0.3) is 5.91 Å². The van der Waals surface area contributed by atoms with E-state index in [-0.39, 0.29) is 10.5 Å². The molecule has 1 aliphatic rings. The number of nitrogens with one attached hydrogen (secondary N) is 1. The van der Waals surface area contributed by atoms with Crippen LogP contribution in [0.1, 0.15) is 35.7 Å². The molecule has 2 aromatic rings. The summed E-state index contributed by atoms with van der Waals surface area (Å²) in [5.41, 5.74) is 3.39. The summed E-state index contributed by atoms with van der Waals surface area (Å²) < 4.78 is 32.3. The second-order valence-corrected chi connectivity index (χ2v) is 8.25. The highest BCUT2D eigenvalue weighted by Gasteiger charge is 2.27. The molecule has 1 heterocycles. The van der Waals surface area contributed by atoms with Crippen LogP contribution in [0.25, 0.3) is 0 Å². The van der Waals surface area contributed by atoms with E-state index in [0.717, 1.165) is 18.4 Å². The highest BCUT2D eigenvalue weighted by atomic mass is 32.2. The number of hydrogen-bond donors (Lipinski definition) is 1. The zero-order valence-corrected chi connectivity index (χ0v) is 16.5. The molecule has 1 aliphatic heterocycles. The fourth-order valence-corrected chi connectivity index (χ4v) is 4.54. The van der Waals surface area contributed by atoms with E-state index in [1.165, 1.54) is 22.7 Å². The summed E-state index contributed by atoms with van der Waals surface area (Å²) in [6.07, 6.45) is 3.21. The summed E-state index contributed by atoms with van der Waals surface area (Å²) in [4.78, 5) is 12.5. The van der Waals surface area contributed by atoms with Crippen molar-refractivity contribution in [1.82, 2.24) is 9.73 Å². The van der Waals surface area contributed by atoms with Crippen molar-refractivity contribution in [3.63, 3.8) is 0 Å². The first-order valence-corrected chi connectivity index (χ1v) is 10.6. The van der Waals surface area contributed by atoms with Gasteiger partial charge in [-0.05, 0) is 50.1 Å². The molecule has 0 bridgehead atoms. The maximum Gasteiger partial charge on any atom is 0.271 e. The largest absolute Gasteiger partial charge is 0.493 e. The minimum Gasteiger partial charge on any atom is -0.493 e. The molecule has 148 valence electrons. The van der Waals surface area contributed by atoms with Crippen LogP contribution >= 0.6 is 0 Å². The van der Waals surface area contributed by atoms with Crippen molar-refractivity contribution >= 4 is 22.1 Å². The lowest BCUT2D eigenvalue weighted by Gasteiger charge is -2.15. The van der Waals surface area contributed by atoms with Gasteiger partial charge in [-0.25, -0.2) is 13.8 Å². The minimum atomic E-state index is -3.57. The molecule has 1 amide bonds. The Morgan fingerprint density at radius 1 is 1.18 bits per heavy atom. The lowest BCUT2D eigenvalue weighted by Crippen LogP contribution is -2.28. The van der Waals surface area contributed by atoms with E-state index in [1.54, 1.807) is 12.1 Å². The number of nitrogens with zero attached hydrogens (tertiary/aromatic N) is 2. The quantitative estimate of drug-likeness (QED) is 0.571.